The third-order valence-corrected chi connectivity index (χ3v) is 5.98. The van der Waals surface area contributed by atoms with Gasteiger partial charge in [-0.05, 0) is 12.1 Å². The van der Waals surface area contributed by atoms with E-state index in [4.69, 9.17) is 30.8 Å². The van der Waals surface area contributed by atoms with Crippen molar-refractivity contribution >= 4 is 28.5 Å². The van der Waals surface area contributed by atoms with Gasteiger partial charge in [-0.1, -0.05) is 11.6 Å². The maximum Gasteiger partial charge on any atom is 0.164 e. The lowest BCUT2D eigenvalue weighted by Crippen LogP contribution is -2.36. The van der Waals surface area contributed by atoms with Gasteiger partial charge >= 0.3 is 0 Å². The first kappa shape index (κ1) is 21.5. The van der Waals surface area contributed by atoms with E-state index in [1.165, 1.54) is 0 Å². The number of benzene rings is 1. The molecule has 0 bridgehead atoms. The molecule has 0 spiro atoms. The lowest BCUT2D eigenvalue weighted by molar-refractivity contribution is 0.123. The van der Waals surface area contributed by atoms with Gasteiger partial charge in [0.15, 0.2) is 5.65 Å². The molecule has 3 aromatic heterocycles. The minimum Gasteiger partial charge on any atom is -0.497 e. The Morgan fingerprint density at radius 3 is 2.61 bits per heavy atom. The van der Waals surface area contributed by atoms with Crippen molar-refractivity contribution in [2.75, 3.05) is 45.4 Å². The average molecular weight is 469 g/mol. The van der Waals surface area contributed by atoms with Crippen LogP contribution in [-0.4, -0.2) is 64.8 Å². The van der Waals surface area contributed by atoms with Gasteiger partial charge in [-0.3, -0.25) is 4.68 Å². The highest BCUT2D eigenvalue weighted by atomic mass is 35.5. The monoisotopic (exact) mass is 468 g/mol. The molecular formula is C23H25ClN6O3. The summed E-state index contributed by atoms with van der Waals surface area (Å²) >= 11 is 6.51. The molecule has 4 heterocycles. The van der Waals surface area contributed by atoms with Crippen molar-refractivity contribution in [1.82, 2.24) is 24.3 Å². The molecule has 1 aliphatic heterocycles. The van der Waals surface area contributed by atoms with Gasteiger partial charge in [0.1, 0.15) is 28.0 Å². The number of halogens is 1. The van der Waals surface area contributed by atoms with Gasteiger partial charge in [0.2, 0.25) is 0 Å². The number of imidazole rings is 1. The van der Waals surface area contributed by atoms with Crippen molar-refractivity contribution < 1.29 is 14.2 Å². The van der Waals surface area contributed by atoms with E-state index in [9.17, 15) is 0 Å². The van der Waals surface area contributed by atoms with Gasteiger partial charge in [-0.15, -0.1) is 0 Å². The van der Waals surface area contributed by atoms with Gasteiger partial charge < -0.3 is 23.7 Å². The quantitative estimate of drug-likeness (QED) is 0.401. The fraction of sp³-hybridized carbons (Fsp3) is 0.348. The second-order valence-electron chi connectivity index (χ2n) is 7.84. The number of ether oxygens (including phenoxy) is 3. The van der Waals surface area contributed by atoms with Crippen molar-refractivity contribution in [3.05, 3.63) is 47.4 Å². The molecule has 1 aliphatic rings. The number of morpholine rings is 1. The summed E-state index contributed by atoms with van der Waals surface area (Å²) in [7, 11) is 5.17. The molecule has 4 aromatic rings. The highest BCUT2D eigenvalue weighted by Crippen LogP contribution is 2.34. The standard InChI is InChI=1S/C23H25ClN6O3/c1-28-13-16(12-25-28)22-27-21-18(29-6-8-33-9-7-29)11-20(24)26-23(21)30(22)14-15-4-5-17(31-2)10-19(15)32-3/h4-5,10-13H,6-9,14H2,1-3H3. The van der Waals surface area contributed by atoms with Crippen LogP contribution in [0.25, 0.3) is 22.6 Å². The Morgan fingerprint density at radius 2 is 1.91 bits per heavy atom. The summed E-state index contributed by atoms with van der Waals surface area (Å²) in [6.07, 6.45) is 3.75. The average Bonchev–Trinajstić information content (AvgIpc) is 3.43. The molecule has 9 nitrogen and oxygen atoms in total. The van der Waals surface area contributed by atoms with E-state index in [-0.39, 0.29) is 0 Å². The van der Waals surface area contributed by atoms with Crippen LogP contribution in [0.2, 0.25) is 5.15 Å². The summed E-state index contributed by atoms with van der Waals surface area (Å²) in [5.41, 5.74) is 4.33. The molecular weight excluding hydrogens is 444 g/mol. The molecule has 1 saturated heterocycles. The molecule has 1 aromatic carbocycles. The van der Waals surface area contributed by atoms with Crippen LogP contribution >= 0.6 is 11.6 Å². The van der Waals surface area contributed by atoms with Crippen molar-refractivity contribution in [1.29, 1.82) is 0 Å². The summed E-state index contributed by atoms with van der Waals surface area (Å²) in [5, 5.41) is 4.77. The Labute approximate surface area is 196 Å². The van der Waals surface area contributed by atoms with Crippen LogP contribution in [0.15, 0.2) is 36.7 Å². The van der Waals surface area contributed by atoms with Gasteiger partial charge in [0.05, 0.1) is 51.4 Å². The summed E-state index contributed by atoms with van der Waals surface area (Å²) < 4.78 is 20.4. The number of aryl methyl sites for hydroxylation is 1. The first-order valence-electron chi connectivity index (χ1n) is 10.7. The molecule has 10 heteroatoms. The zero-order valence-corrected chi connectivity index (χ0v) is 19.5. The highest BCUT2D eigenvalue weighted by Gasteiger charge is 2.23. The zero-order chi connectivity index (χ0) is 22.9. The van der Waals surface area contributed by atoms with E-state index in [1.807, 2.05) is 37.5 Å². The first-order valence-corrected chi connectivity index (χ1v) is 11.0. The van der Waals surface area contributed by atoms with E-state index >= 15 is 0 Å². The van der Waals surface area contributed by atoms with E-state index in [0.717, 1.165) is 52.7 Å². The Bertz CT molecular complexity index is 1300. The van der Waals surface area contributed by atoms with Crippen LogP contribution in [0.4, 0.5) is 5.69 Å². The molecule has 33 heavy (non-hydrogen) atoms. The van der Waals surface area contributed by atoms with Gasteiger partial charge in [-0.25, -0.2) is 9.97 Å². The molecule has 0 amide bonds. The fourth-order valence-corrected chi connectivity index (χ4v) is 4.33. The molecule has 0 atom stereocenters. The lowest BCUT2D eigenvalue weighted by Gasteiger charge is -2.29. The summed E-state index contributed by atoms with van der Waals surface area (Å²) in [5.74, 6) is 2.22. The smallest absolute Gasteiger partial charge is 0.164 e. The number of nitrogens with zero attached hydrogens (tertiary/aromatic N) is 6. The Morgan fingerprint density at radius 1 is 1.09 bits per heavy atom. The summed E-state index contributed by atoms with van der Waals surface area (Å²) in [4.78, 5) is 12.0. The molecule has 1 fully saturated rings. The summed E-state index contributed by atoms with van der Waals surface area (Å²) in [6.45, 7) is 3.37. The SMILES string of the molecule is COc1ccc(Cn2c(-c3cnn(C)c3)nc3c(N4CCOCC4)cc(Cl)nc32)c(OC)c1. The van der Waals surface area contributed by atoms with Gasteiger partial charge in [0.25, 0.3) is 0 Å². The number of rotatable bonds is 6. The molecule has 172 valence electrons. The van der Waals surface area contributed by atoms with Crippen molar-refractivity contribution in [2.24, 2.45) is 7.05 Å². The molecule has 0 N–H and O–H groups in total. The minimum atomic E-state index is 0.421. The van der Waals surface area contributed by atoms with Crippen LogP contribution < -0.4 is 14.4 Å². The maximum absolute atomic E-state index is 6.51. The van der Waals surface area contributed by atoms with Crippen molar-refractivity contribution in [2.45, 2.75) is 6.54 Å². The zero-order valence-electron chi connectivity index (χ0n) is 18.8. The number of pyridine rings is 1. The number of fused-ring (bicyclic) bond motifs is 1. The molecule has 0 unspecified atom stereocenters. The Balaban J connectivity index is 1.70. The predicted octanol–water partition coefficient (Wildman–Crippen LogP) is 3.39. The minimum absolute atomic E-state index is 0.421. The van der Waals surface area contributed by atoms with E-state index in [2.05, 4.69) is 19.5 Å². The maximum atomic E-state index is 6.51. The number of methoxy groups -OCH3 is 2. The fourth-order valence-electron chi connectivity index (χ4n) is 4.15. The van der Waals surface area contributed by atoms with E-state index in [0.29, 0.717) is 30.6 Å². The van der Waals surface area contributed by atoms with Crippen molar-refractivity contribution in [3.8, 4) is 22.9 Å². The molecule has 5 rings (SSSR count). The number of hydrogen-bond donors (Lipinski definition) is 0. The van der Waals surface area contributed by atoms with Crippen LogP contribution in [0.3, 0.4) is 0 Å². The Kier molecular flexibility index (Phi) is 5.82. The number of hydrogen-bond acceptors (Lipinski definition) is 7. The van der Waals surface area contributed by atoms with E-state index in [1.54, 1.807) is 25.1 Å². The topological polar surface area (TPSA) is 79.5 Å². The van der Waals surface area contributed by atoms with Crippen LogP contribution in [0, 0.1) is 0 Å². The van der Waals surface area contributed by atoms with Crippen LogP contribution in [-0.2, 0) is 18.3 Å². The summed E-state index contributed by atoms with van der Waals surface area (Å²) in [6, 6.07) is 7.66. The van der Waals surface area contributed by atoms with Crippen LogP contribution in [0.1, 0.15) is 5.56 Å². The number of aromatic nitrogens is 5. The van der Waals surface area contributed by atoms with Crippen molar-refractivity contribution in [3.63, 3.8) is 0 Å². The lowest BCUT2D eigenvalue weighted by atomic mass is 10.2. The largest absolute Gasteiger partial charge is 0.497 e. The molecule has 0 radical (unpaired) electrons. The van der Waals surface area contributed by atoms with Gasteiger partial charge in [0, 0.05) is 44.0 Å². The third kappa shape index (κ3) is 4.09. The van der Waals surface area contributed by atoms with Crippen LogP contribution in [0.5, 0.6) is 11.5 Å². The number of anilines is 1. The molecule has 0 aliphatic carbocycles. The normalized spacial score (nSPS) is 14.1. The van der Waals surface area contributed by atoms with Gasteiger partial charge in [-0.2, -0.15) is 5.10 Å². The third-order valence-electron chi connectivity index (χ3n) is 5.79. The second kappa shape index (κ2) is 8.92. The first-order chi connectivity index (χ1) is 16.1. The second-order valence-corrected chi connectivity index (χ2v) is 8.23. The van der Waals surface area contributed by atoms with E-state index < -0.39 is 0 Å². The Hall–Kier alpha value is -3.30. The predicted molar refractivity (Wildman–Crippen MR) is 126 cm³/mol. The highest BCUT2D eigenvalue weighted by molar-refractivity contribution is 6.30. The molecule has 0 saturated carbocycles.